The van der Waals surface area contributed by atoms with E-state index in [1.807, 2.05) is 13.8 Å². The summed E-state index contributed by atoms with van der Waals surface area (Å²) in [5, 5.41) is 0. The molecule has 15 heavy (non-hydrogen) atoms. The van der Waals surface area contributed by atoms with Gasteiger partial charge >= 0.3 is 0 Å². The first kappa shape index (κ1) is 13.0. The van der Waals surface area contributed by atoms with Crippen molar-refractivity contribution < 1.29 is 4.74 Å². The molecule has 90 valence electrons. The quantitative estimate of drug-likeness (QED) is 0.715. The lowest BCUT2D eigenvalue weighted by Gasteiger charge is -2.30. The van der Waals surface area contributed by atoms with Gasteiger partial charge in [-0.3, -0.25) is 0 Å². The Morgan fingerprint density at radius 1 is 1.20 bits per heavy atom. The molecule has 0 radical (unpaired) electrons. The zero-order valence-electron chi connectivity index (χ0n) is 11.2. The minimum Gasteiger partial charge on any atom is -0.374 e. The Kier molecular flexibility index (Phi) is 4.60. The van der Waals surface area contributed by atoms with Crippen LogP contribution in [0, 0.1) is 11.8 Å². The van der Waals surface area contributed by atoms with Gasteiger partial charge in [-0.05, 0) is 46.1 Å². The van der Waals surface area contributed by atoms with Crippen molar-refractivity contribution in [2.75, 3.05) is 13.6 Å². The lowest BCUT2D eigenvalue weighted by Crippen LogP contribution is -2.40. The van der Waals surface area contributed by atoms with Crippen LogP contribution in [-0.4, -0.2) is 36.7 Å². The van der Waals surface area contributed by atoms with Crippen LogP contribution in [0.1, 0.15) is 41.0 Å². The Balaban J connectivity index is 0.000000531. The monoisotopic (exact) mass is 213 g/mol. The van der Waals surface area contributed by atoms with Gasteiger partial charge in [0, 0.05) is 12.6 Å². The number of likely N-dealkylation sites (N-methyl/N-ethyl adjacent to an activating group) is 1. The van der Waals surface area contributed by atoms with E-state index in [0.717, 1.165) is 11.8 Å². The zero-order chi connectivity index (χ0) is 11.6. The number of hydrogen-bond acceptors (Lipinski definition) is 2. The molecule has 0 aromatic heterocycles. The number of hydrogen-bond donors (Lipinski definition) is 0. The van der Waals surface area contributed by atoms with Gasteiger partial charge in [0.15, 0.2) is 0 Å². The van der Waals surface area contributed by atoms with E-state index < -0.39 is 0 Å². The third-order valence-electron chi connectivity index (χ3n) is 3.42. The SMILES string of the molecule is CC.CC(C)OC(C)[C@@H]1C2C[C@H]2CN1C. The Labute approximate surface area is 95.0 Å². The first-order valence-corrected chi connectivity index (χ1v) is 6.45. The van der Waals surface area contributed by atoms with E-state index >= 15 is 0 Å². The minimum absolute atomic E-state index is 0.362. The van der Waals surface area contributed by atoms with Gasteiger partial charge in [-0.2, -0.15) is 0 Å². The van der Waals surface area contributed by atoms with Crippen molar-refractivity contribution >= 4 is 0 Å². The Morgan fingerprint density at radius 2 is 1.80 bits per heavy atom. The molecule has 2 rings (SSSR count). The summed E-state index contributed by atoms with van der Waals surface area (Å²) in [6, 6.07) is 0.687. The van der Waals surface area contributed by atoms with Gasteiger partial charge in [0.2, 0.25) is 0 Å². The topological polar surface area (TPSA) is 12.5 Å². The highest BCUT2D eigenvalue weighted by molar-refractivity contribution is 5.05. The lowest BCUT2D eigenvalue weighted by atomic mass is 10.1. The predicted molar refractivity (Wildman–Crippen MR) is 65.0 cm³/mol. The van der Waals surface area contributed by atoms with E-state index in [1.165, 1.54) is 13.0 Å². The second-order valence-corrected chi connectivity index (χ2v) is 4.98. The highest BCUT2D eigenvalue weighted by atomic mass is 16.5. The van der Waals surface area contributed by atoms with Crippen LogP contribution in [0.4, 0.5) is 0 Å². The predicted octanol–water partition coefficient (Wildman–Crippen LogP) is 2.78. The van der Waals surface area contributed by atoms with Crippen molar-refractivity contribution in [3.8, 4) is 0 Å². The Morgan fingerprint density at radius 3 is 2.20 bits per heavy atom. The molecule has 2 nitrogen and oxygen atoms in total. The fraction of sp³-hybridized carbons (Fsp3) is 1.00. The van der Waals surface area contributed by atoms with E-state index in [2.05, 4.69) is 32.7 Å². The Hall–Kier alpha value is -0.0800. The average Bonchev–Trinajstić information content (AvgIpc) is 2.80. The molecule has 0 bridgehead atoms. The summed E-state index contributed by atoms with van der Waals surface area (Å²) in [4.78, 5) is 2.48. The fourth-order valence-corrected chi connectivity index (χ4v) is 2.93. The highest BCUT2D eigenvalue weighted by Gasteiger charge is 2.53. The lowest BCUT2D eigenvalue weighted by molar-refractivity contribution is -0.0271. The molecule has 2 fully saturated rings. The van der Waals surface area contributed by atoms with E-state index in [0.29, 0.717) is 18.2 Å². The maximum absolute atomic E-state index is 5.86. The zero-order valence-corrected chi connectivity index (χ0v) is 11.2. The number of fused-ring (bicyclic) bond motifs is 1. The molecule has 0 spiro atoms. The second kappa shape index (κ2) is 5.31. The molecule has 4 atom stereocenters. The van der Waals surface area contributed by atoms with E-state index in [1.54, 1.807) is 0 Å². The van der Waals surface area contributed by atoms with Gasteiger partial charge < -0.3 is 9.64 Å². The third kappa shape index (κ3) is 2.94. The summed E-state index contributed by atoms with van der Waals surface area (Å²) >= 11 is 0. The van der Waals surface area contributed by atoms with Crippen LogP contribution in [0.2, 0.25) is 0 Å². The van der Waals surface area contributed by atoms with Gasteiger partial charge in [-0.25, -0.2) is 0 Å². The van der Waals surface area contributed by atoms with Crippen LogP contribution in [0.25, 0.3) is 0 Å². The van der Waals surface area contributed by atoms with E-state index in [9.17, 15) is 0 Å². The number of rotatable bonds is 3. The summed E-state index contributed by atoms with van der Waals surface area (Å²) in [6.45, 7) is 11.8. The summed E-state index contributed by atoms with van der Waals surface area (Å²) in [6.07, 6.45) is 2.21. The van der Waals surface area contributed by atoms with Crippen molar-refractivity contribution in [3.63, 3.8) is 0 Å². The number of nitrogens with zero attached hydrogens (tertiary/aromatic N) is 1. The molecule has 1 aliphatic heterocycles. The first-order chi connectivity index (χ1) is 7.09. The second-order valence-electron chi connectivity index (χ2n) is 4.98. The molecule has 0 amide bonds. The fourth-order valence-electron chi connectivity index (χ4n) is 2.93. The third-order valence-corrected chi connectivity index (χ3v) is 3.42. The molecular weight excluding hydrogens is 186 g/mol. The van der Waals surface area contributed by atoms with Crippen LogP contribution >= 0.6 is 0 Å². The summed E-state index contributed by atoms with van der Waals surface area (Å²) in [5.41, 5.74) is 0. The maximum Gasteiger partial charge on any atom is 0.0708 e. The van der Waals surface area contributed by atoms with Gasteiger partial charge in [0.1, 0.15) is 0 Å². The molecule has 0 aromatic rings. The van der Waals surface area contributed by atoms with Crippen LogP contribution in [-0.2, 0) is 4.74 Å². The van der Waals surface area contributed by atoms with Gasteiger partial charge in [0.25, 0.3) is 0 Å². The van der Waals surface area contributed by atoms with Crippen molar-refractivity contribution in [2.45, 2.75) is 59.3 Å². The molecule has 1 heterocycles. The minimum atomic E-state index is 0.362. The van der Waals surface area contributed by atoms with Crippen molar-refractivity contribution in [1.29, 1.82) is 0 Å². The molecule has 2 unspecified atom stereocenters. The molecule has 0 N–H and O–H groups in total. The summed E-state index contributed by atoms with van der Waals surface area (Å²) < 4.78 is 5.86. The molecule has 2 heteroatoms. The van der Waals surface area contributed by atoms with E-state index in [4.69, 9.17) is 4.74 Å². The maximum atomic E-state index is 5.86. The van der Waals surface area contributed by atoms with Gasteiger partial charge in [-0.15, -0.1) is 0 Å². The van der Waals surface area contributed by atoms with Crippen molar-refractivity contribution in [1.82, 2.24) is 4.90 Å². The van der Waals surface area contributed by atoms with E-state index in [-0.39, 0.29) is 0 Å². The Bertz CT molecular complexity index is 191. The molecule has 2 aliphatic rings. The van der Waals surface area contributed by atoms with Crippen LogP contribution < -0.4 is 0 Å². The standard InChI is InChI=1S/C11H21NO.C2H6/c1-7(2)13-8(3)11-10-5-9(10)6-12(11)4;1-2/h7-11H,5-6H2,1-4H3;1-2H3/t8?,9-,10?,11+;/m0./s1. The van der Waals surface area contributed by atoms with Crippen LogP contribution in [0.3, 0.4) is 0 Å². The molecule has 1 aliphatic carbocycles. The van der Waals surface area contributed by atoms with Gasteiger partial charge in [0.05, 0.1) is 12.2 Å². The molecule has 0 aromatic carbocycles. The first-order valence-electron chi connectivity index (χ1n) is 6.45. The smallest absolute Gasteiger partial charge is 0.0708 e. The van der Waals surface area contributed by atoms with Crippen molar-refractivity contribution in [2.24, 2.45) is 11.8 Å². The summed E-state index contributed by atoms with van der Waals surface area (Å²) in [7, 11) is 2.23. The van der Waals surface area contributed by atoms with Gasteiger partial charge in [-0.1, -0.05) is 13.8 Å². The highest BCUT2D eigenvalue weighted by Crippen LogP contribution is 2.50. The number of likely N-dealkylation sites (tertiary alicyclic amines) is 1. The summed E-state index contributed by atoms with van der Waals surface area (Å²) in [5.74, 6) is 1.94. The normalized spacial score (nSPS) is 35.8. The largest absolute Gasteiger partial charge is 0.374 e. The van der Waals surface area contributed by atoms with Crippen LogP contribution in [0.5, 0.6) is 0 Å². The molecule has 1 saturated carbocycles. The molecular formula is C13H27NO. The molecule has 1 saturated heterocycles. The average molecular weight is 213 g/mol. The number of piperidine rings is 1. The van der Waals surface area contributed by atoms with Crippen LogP contribution in [0.15, 0.2) is 0 Å². The van der Waals surface area contributed by atoms with Crippen molar-refractivity contribution in [3.05, 3.63) is 0 Å². The number of ether oxygens (including phenoxy) is 1.